The van der Waals surface area contributed by atoms with Gasteiger partial charge in [-0.1, -0.05) is 30.3 Å². The second-order valence-electron chi connectivity index (χ2n) is 5.56. The summed E-state index contributed by atoms with van der Waals surface area (Å²) >= 11 is 0. The predicted octanol–water partition coefficient (Wildman–Crippen LogP) is 1.58. The van der Waals surface area contributed by atoms with Crippen LogP contribution in [0.1, 0.15) is 25.3 Å². The van der Waals surface area contributed by atoms with Crippen molar-refractivity contribution in [2.24, 2.45) is 5.92 Å². The van der Waals surface area contributed by atoms with Gasteiger partial charge in [-0.15, -0.1) is 0 Å². The molecule has 2 rings (SSSR count). The highest BCUT2D eigenvalue weighted by atomic mass is 16.5. The van der Waals surface area contributed by atoms with Crippen LogP contribution < -0.4 is 5.32 Å². The molecule has 0 aliphatic carbocycles. The fourth-order valence-corrected chi connectivity index (χ4v) is 2.64. The minimum absolute atomic E-state index is 0.0106. The molecule has 0 unspecified atom stereocenters. The van der Waals surface area contributed by atoms with E-state index in [1.807, 2.05) is 37.3 Å². The van der Waals surface area contributed by atoms with Crippen molar-refractivity contribution >= 4 is 11.9 Å². The summed E-state index contributed by atoms with van der Waals surface area (Å²) < 4.78 is 5.05. The highest BCUT2D eigenvalue weighted by Gasteiger charge is 2.26. The molecule has 1 amide bonds. The van der Waals surface area contributed by atoms with Crippen molar-refractivity contribution in [2.75, 3.05) is 26.2 Å². The van der Waals surface area contributed by atoms with Gasteiger partial charge in [0.1, 0.15) is 0 Å². The molecule has 0 spiro atoms. The maximum Gasteiger partial charge on any atom is 0.309 e. The maximum atomic E-state index is 12.0. The molecule has 0 bridgehead atoms. The van der Waals surface area contributed by atoms with E-state index in [2.05, 4.69) is 10.2 Å². The number of carbonyl (C=O) groups excluding carboxylic acids is 2. The number of piperidine rings is 1. The first-order chi connectivity index (χ1) is 10.7. The van der Waals surface area contributed by atoms with E-state index in [4.69, 9.17) is 4.74 Å². The molecule has 0 radical (unpaired) electrons. The van der Waals surface area contributed by atoms with Gasteiger partial charge in [0.15, 0.2) is 0 Å². The Labute approximate surface area is 131 Å². The molecule has 1 aromatic rings. The summed E-state index contributed by atoms with van der Waals surface area (Å²) in [5.41, 5.74) is 1.09. The average molecular weight is 304 g/mol. The number of benzene rings is 1. The Kier molecular flexibility index (Phi) is 6.40. The topological polar surface area (TPSA) is 58.6 Å². The van der Waals surface area contributed by atoms with Crippen LogP contribution in [0.15, 0.2) is 30.3 Å². The number of likely N-dealkylation sites (tertiary alicyclic amines) is 1. The van der Waals surface area contributed by atoms with Gasteiger partial charge < -0.3 is 10.1 Å². The smallest absolute Gasteiger partial charge is 0.309 e. The van der Waals surface area contributed by atoms with Gasteiger partial charge >= 0.3 is 5.97 Å². The Morgan fingerprint density at radius 2 is 1.91 bits per heavy atom. The Hall–Kier alpha value is -1.88. The van der Waals surface area contributed by atoms with Crippen molar-refractivity contribution in [3.8, 4) is 0 Å². The number of nitrogens with one attached hydrogen (secondary N) is 1. The maximum absolute atomic E-state index is 12.0. The Bertz CT molecular complexity index is 482. The number of amides is 1. The normalized spacial score (nSPS) is 16.2. The third-order valence-electron chi connectivity index (χ3n) is 3.91. The van der Waals surface area contributed by atoms with Gasteiger partial charge in [-0.25, -0.2) is 0 Å². The van der Waals surface area contributed by atoms with E-state index in [1.165, 1.54) is 0 Å². The Morgan fingerprint density at radius 3 is 2.55 bits per heavy atom. The van der Waals surface area contributed by atoms with Crippen molar-refractivity contribution in [2.45, 2.75) is 26.3 Å². The van der Waals surface area contributed by atoms with Crippen LogP contribution in [0, 0.1) is 5.92 Å². The summed E-state index contributed by atoms with van der Waals surface area (Å²) in [4.78, 5) is 25.7. The summed E-state index contributed by atoms with van der Waals surface area (Å²) in [5, 5.41) is 2.93. The molecule has 1 N–H and O–H groups in total. The molecule has 1 fully saturated rings. The number of carbonyl (C=O) groups is 2. The fraction of sp³-hybridized carbons (Fsp3) is 0.529. The highest BCUT2D eigenvalue weighted by Crippen LogP contribution is 2.18. The van der Waals surface area contributed by atoms with E-state index in [0.717, 1.165) is 31.5 Å². The molecule has 1 aliphatic heterocycles. The third-order valence-corrected chi connectivity index (χ3v) is 3.91. The Morgan fingerprint density at radius 1 is 1.23 bits per heavy atom. The molecule has 1 aliphatic rings. The van der Waals surface area contributed by atoms with Crippen LogP contribution in [0.4, 0.5) is 0 Å². The number of esters is 1. The second-order valence-corrected chi connectivity index (χ2v) is 5.56. The quantitative estimate of drug-likeness (QED) is 0.811. The molecular weight excluding hydrogens is 280 g/mol. The lowest BCUT2D eigenvalue weighted by Gasteiger charge is -2.30. The van der Waals surface area contributed by atoms with Crippen molar-refractivity contribution in [1.82, 2.24) is 10.2 Å². The fourth-order valence-electron chi connectivity index (χ4n) is 2.64. The van der Waals surface area contributed by atoms with E-state index in [1.54, 1.807) is 0 Å². The van der Waals surface area contributed by atoms with E-state index >= 15 is 0 Å². The molecule has 0 atom stereocenters. The molecule has 0 saturated carbocycles. The van der Waals surface area contributed by atoms with Crippen molar-refractivity contribution in [3.63, 3.8) is 0 Å². The van der Waals surface area contributed by atoms with Crippen LogP contribution in [-0.2, 0) is 20.9 Å². The van der Waals surface area contributed by atoms with Crippen LogP contribution in [-0.4, -0.2) is 43.0 Å². The number of ether oxygens (including phenoxy) is 1. The van der Waals surface area contributed by atoms with Crippen LogP contribution in [0.3, 0.4) is 0 Å². The van der Waals surface area contributed by atoms with Gasteiger partial charge in [0.2, 0.25) is 5.91 Å². The molecule has 22 heavy (non-hydrogen) atoms. The van der Waals surface area contributed by atoms with E-state index in [-0.39, 0.29) is 17.8 Å². The van der Waals surface area contributed by atoms with Crippen LogP contribution in [0.2, 0.25) is 0 Å². The Balaban J connectivity index is 1.67. The number of rotatable bonds is 6. The second kappa shape index (κ2) is 8.54. The van der Waals surface area contributed by atoms with Crippen LogP contribution >= 0.6 is 0 Å². The van der Waals surface area contributed by atoms with Gasteiger partial charge in [-0.3, -0.25) is 14.5 Å². The van der Waals surface area contributed by atoms with Gasteiger partial charge in [0.25, 0.3) is 0 Å². The zero-order valence-electron chi connectivity index (χ0n) is 13.1. The van der Waals surface area contributed by atoms with E-state index < -0.39 is 0 Å². The number of hydrogen-bond acceptors (Lipinski definition) is 4. The van der Waals surface area contributed by atoms with Gasteiger partial charge in [0.05, 0.1) is 19.1 Å². The first-order valence-electron chi connectivity index (χ1n) is 7.88. The minimum atomic E-state index is -0.101. The summed E-state index contributed by atoms with van der Waals surface area (Å²) in [5.74, 6) is -0.0855. The molecule has 1 aromatic carbocycles. The summed E-state index contributed by atoms with van der Waals surface area (Å²) in [7, 11) is 0. The molecule has 0 aromatic heterocycles. The standard InChI is InChI=1S/C17H24N2O3/c1-2-22-17(21)15-8-10-19(11-9-15)13-16(20)18-12-14-6-4-3-5-7-14/h3-7,15H,2,8-13H2,1H3,(H,18,20). The third kappa shape index (κ3) is 5.15. The van der Waals surface area contributed by atoms with Crippen LogP contribution in [0.25, 0.3) is 0 Å². The summed E-state index contributed by atoms with van der Waals surface area (Å²) in [6.45, 7) is 4.73. The summed E-state index contributed by atoms with van der Waals surface area (Å²) in [6.07, 6.45) is 1.54. The van der Waals surface area contributed by atoms with Gasteiger partial charge in [-0.2, -0.15) is 0 Å². The minimum Gasteiger partial charge on any atom is -0.466 e. The highest BCUT2D eigenvalue weighted by molar-refractivity contribution is 5.78. The molecule has 1 saturated heterocycles. The van der Waals surface area contributed by atoms with Crippen LogP contribution in [0.5, 0.6) is 0 Å². The number of hydrogen-bond donors (Lipinski definition) is 1. The lowest BCUT2D eigenvalue weighted by Crippen LogP contribution is -2.42. The van der Waals surface area contributed by atoms with Crippen molar-refractivity contribution in [1.29, 1.82) is 0 Å². The SMILES string of the molecule is CCOC(=O)C1CCN(CC(=O)NCc2ccccc2)CC1. The van der Waals surface area contributed by atoms with E-state index in [9.17, 15) is 9.59 Å². The first kappa shape index (κ1) is 16.5. The molecular formula is C17H24N2O3. The average Bonchev–Trinajstić information content (AvgIpc) is 2.55. The van der Waals surface area contributed by atoms with Gasteiger partial charge in [-0.05, 0) is 38.4 Å². The zero-order valence-corrected chi connectivity index (χ0v) is 13.1. The molecule has 5 heteroatoms. The van der Waals surface area contributed by atoms with Crippen molar-refractivity contribution in [3.05, 3.63) is 35.9 Å². The monoisotopic (exact) mass is 304 g/mol. The lowest BCUT2D eigenvalue weighted by atomic mass is 9.97. The first-order valence-corrected chi connectivity index (χ1v) is 7.88. The predicted molar refractivity (Wildman–Crippen MR) is 84.1 cm³/mol. The van der Waals surface area contributed by atoms with Crippen molar-refractivity contribution < 1.29 is 14.3 Å². The largest absolute Gasteiger partial charge is 0.466 e. The number of nitrogens with zero attached hydrogens (tertiary/aromatic N) is 1. The molecule has 120 valence electrons. The zero-order chi connectivity index (χ0) is 15.8. The molecule has 1 heterocycles. The molecule has 5 nitrogen and oxygen atoms in total. The lowest BCUT2D eigenvalue weighted by molar-refractivity contribution is -0.149. The van der Waals surface area contributed by atoms with E-state index in [0.29, 0.717) is 19.7 Å². The van der Waals surface area contributed by atoms with Gasteiger partial charge in [0, 0.05) is 6.54 Å². The summed E-state index contributed by atoms with van der Waals surface area (Å²) in [6, 6.07) is 9.86.